The SMILES string of the molecule is O=C(Nc1nc2c(s1)CC[NH+](Cc1ccccc1)C2)c1cccc(F)c1. The van der Waals surface area contributed by atoms with Gasteiger partial charge < -0.3 is 4.90 Å². The smallest absolute Gasteiger partial charge is 0.257 e. The fourth-order valence-corrected chi connectivity index (χ4v) is 4.19. The number of hydrogen-bond acceptors (Lipinski definition) is 3. The Hall–Kier alpha value is -2.57. The summed E-state index contributed by atoms with van der Waals surface area (Å²) in [7, 11) is 0. The van der Waals surface area contributed by atoms with E-state index in [0.717, 1.165) is 31.7 Å². The summed E-state index contributed by atoms with van der Waals surface area (Å²) >= 11 is 1.52. The zero-order valence-corrected chi connectivity index (χ0v) is 15.0. The Morgan fingerprint density at radius 3 is 2.85 bits per heavy atom. The maximum Gasteiger partial charge on any atom is 0.257 e. The van der Waals surface area contributed by atoms with E-state index in [9.17, 15) is 9.18 Å². The van der Waals surface area contributed by atoms with Gasteiger partial charge in [-0.3, -0.25) is 10.1 Å². The number of halogens is 1. The molecule has 2 N–H and O–H groups in total. The van der Waals surface area contributed by atoms with Crippen molar-refractivity contribution >= 4 is 22.4 Å². The number of anilines is 1. The molecule has 1 aliphatic rings. The van der Waals surface area contributed by atoms with Gasteiger partial charge in [0.1, 0.15) is 24.6 Å². The minimum Gasteiger partial charge on any atom is -0.326 e. The number of amides is 1. The minimum atomic E-state index is -0.420. The van der Waals surface area contributed by atoms with Crippen LogP contribution in [0, 0.1) is 5.82 Å². The predicted molar refractivity (Wildman–Crippen MR) is 99.9 cm³/mol. The topological polar surface area (TPSA) is 46.4 Å². The van der Waals surface area contributed by atoms with Crippen LogP contribution < -0.4 is 10.2 Å². The van der Waals surface area contributed by atoms with Crippen LogP contribution in [0.5, 0.6) is 0 Å². The van der Waals surface area contributed by atoms with Gasteiger partial charge in [-0.25, -0.2) is 9.37 Å². The van der Waals surface area contributed by atoms with E-state index in [1.54, 1.807) is 6.07 Å². The molecule has 0 spiro atoms. The molecule has 6 heteroatoms. The standard InChI is InChI=1S/C20H18FN3OS/c21-16-8-4-7-15(11-16)19(25)23-20-22-17-13-24(10-9-18(17)26-20)12-14-5-2-1-3-6-14/h1-8,11H,9-10,12-13H2,(H,22,23,25)/p+1. The fourth-order valence-electron chi connectivity index (χ4n) is 3.22. The minimum absolute atomic E-state index is 0.300. The summed E-state index contributed by atoms with van der Waals surface area (Å²) in [5.41, 5.74) is 2.68. The van der Waals surface area contributed by atoms with Gasteiger partial charge in [-0.15, -0.1) is 11.3 Å². The van der Waals surface area contributed by atoms with Gasteiger partial charge in [-0.2, -0.15) is 0 Å². The van der Waals surface area contributed by atoms with Crippen LogP contribution in [0.2, 0.25) is 0 Å². The molecule has 2 aromatic carbocycles. The van der Waals surface area contributed by atoms with Crippen LogP contribution in [0.1, 0.15) is 26.5 Å². The Bertz CT molecular complexity index is 926. The number of carbonyl (C=O) groups is 1. The van der Waals surface area contributed by atoms with Gasteiger partial charge in [0.25, 0.3) is 5.91 Å². The first-order valence-electron chi connectivity index (χ1n) is 8.60. The summed E-state index contributed by atoms with van der Waals surface area (Å²) in [5, 5.41) is 3.39. The van der Waals surface area contributed by atoms with Crippen LogP contribution in [-0.4, -0.2) is 17.4 Å². The summed E-state index contributed by atoms with van der Waals surface area (Å²) in [6.07, 6.45) is 0.963. The summed E-state index contributed by atoms with van der Waals surface area (Å²) < 4.78 is 13.3. The van der Waals surface area contributed by atoms with Crippen molar-refractivity contribution in [3.63, 3.8) is 0 Å². The van der Waals surface area contributed by atoms with E-state index >= 15 is 0 Å². The lowest BCUT2D eigenvalue weighted by Gasteiger charge is -2.22. The van der Waals surface area contributed by atoms with Crippen LogP contribution in [0.4, 0.5) is 9.52 Å². The molecule has 0 bridgehead atoms. The second kappa shape index (κ2) is 7.35. The summed E-state index contributed by atoms with van der Waals surface area (Å²) in [4.78, 5) is 19.6. The summed E-state index contributed by atoms with van der Waals surface area (Å²) in [5.74, 6) is -0.750. The van der Waals surface area contributed by atoms with Crippen molar-refractivity contribution in [2.75, 3.05) is 11.9 Å². The Morgan fingerprint density at radius 2 is 2.04 bits per heavy atom. The van der Waals surface area contributed by atoms with E-state index in [4.69, 9.17) is 0 Å². The van der Waals surface area contributed by atoms with Crippen molar-refractivity contribution in [2.24, 2.45) is 0 Å². The number of nitrogens with zero attached hydrogens (tertiary/aromatic N) is 1. The molecule has 1 aromatic heterocycles. The zero-order valence-electron chi connectivity index (χ0n) is 14.2. The van der Waals surface area contributed by atoms with Crippen LogP contribution in [0.25, 0.3) is 0 Å². The molecule has 4 nitrogen and oxygen atoms in total. The molecule has 0 fully saturated rings. The number of thiazole rings is 1. The first-order valence-corrected chi connectivity index (χ1v) is 9.42. The van der Waals surface area contributed by atoms with Crippen molar-refractivity contribution in [3.8, 4) is 0 Å². The van der Waals surface area contributed by atoms with Crippen molar-refractivity contribution in [2.45, 2.75) is 19.5 Å². The number of nitrogens with one attached hydrogen (secondary N) is 2. The molecule has 0 radical (unpaired) electrons. The van der Waals surface area contributed by atoms with E-state index in [-0.39, 0.29) is 5.91 Å². The number of fused-ring (bicyclic) bond motifs is 1. The second-order valence-electron chi connectivity index (χ2n) is 6.44. The van der Waals surface area contributed by atoms with E-state index in [1.165, 1.54) is 44.9 Å². The van der Waals surface area contributed by atoms with Crippen LogP contribution in [-0.2, 0) is 19.5 Å². The van der Waals surface area contributed by atoms with E-state index in [2.05, 4.69) is 34.6 Å². The number of hydrogen-bond donors (Lipinski definition) is 2. The van der Waals surface area contributed by atoms with Crippen LogP contribution in [0.15, 0.2) is 54.6 Å². The van der Waals surface area contributed by atoms with Crippen LogP contribution >= 0.6 is 11.3 Å². The van der Waals surface area contributed by atoms with Gasteiger partial charge in [-0.05, 0) is 18.2 Å². The highest BCUT2D eigenvalue weighted by Crippen LogP contribution is 2.25. The van der Waals surface area contributed by atoms with Gasteiger partial charge in [0.2, 0.25) is 0 Å². The summed E-state index contributed by atoms with van der Waals surface area (Å²) in [6, 6.07) is 16.1. The monoisotopic (exact) mass is 368 g/mol. The molecule has 1 amide bonds. The predicted octanol–water partition coefficient (Wildman–Crippen LogP) is 2.68. The average molecular weight is 368 g/mol. The largest absolute Gasteiger partial charge is 0.326 e. The molecule has 1 aliphatic heterocycles. The molecule has 0 saturated heterocycles. The molecule has 26 heavy (non-hydrogen) atoms. The molecule has 0 saturated carbocycles. The van der Waals surface area contributed by atoms with Crippen molar-refractivity contribution in [1.29, 1.82) is 0 Å². The first-order chi connectivity index (χ1) is 12.7. The molecule has 1 unspecified atom stereocenters. The number of carbonyl (C=O) groups excluding carboxylic acids is 1. The number of quaternary nitrogens is 1. The van der Waals surface area contributed by atoms with Gasteiger partial charge >= 0.3 is 0 Å². The quantitative estimate of drug-likeness (QED) is 0.744. The highest BCUT2D eigenvalue weighted by molar-refractivity contribution is 7.15. The zero-order chi connectivity index (χ0) is 17.9. The Balaban J connectivity index is 1.43. The molecular formula is C20H19FN3OS+. The van der Waals surface area contributed by atoms with Gasteiger partial charge in [0.05, 0.1) is 6.54 Å². The molecule has 132 valence electrons. The molecular weight excluding hydrogens is 349 g/mol. The van der Waals surface area contributed by atoms with Crippen molar-refractivity contribution < 1.29 is 14.1 Å². The Labute approximate surface area is 155 Å². The maximum absolute atomic E-state index is 13.3. The highest BCUT2D eigenvalue weighted by Gasteiger charge is 2.24. The van der Waals surface area contributed by atoms with E-state index < -0.39 is 5.82 Å². The van der Waals surface area contributed by atoms with Crippen molar-refractivity contribution in [1.82, 2.24) is 4.98 Å². The van der Waals surface area contributed by atoms with Gasteiger partial charge in [0, 0.05) is 22.4 Å². The summed E-state index contributed by atoms with van der Waals surface area (Å²) in [6.45, 7) is 2.89. The van der Waals surface area contributed by atoms with E-state index in [1.807, 2.05) is 6.07 Å². The average Bonchev–Trinajstić information content (AvgIpc) is 3.04. The molecule has 3 aromatic rings. The normalized spacial score (nSPS) is 16.1. The highest BCUT2D eigenvalue weighted by atomic mass is 32.1. The number of rotatable bonds is 4. The van der Waals surface area contributed by atoms with Crippen LogP contribution in [0.3, 0.4) is 0 Å². The second-order valence-corrected chi connectivity index (χ2v) is 7.53. The molecule has 1 atom stereocenters. The van der Waals surface area contributed by atoms with Crippen molar-refractivity contribution in [3.05, 3.63) is 82.1 Å². The Morgan fingerprint density at radius 1 is 1.19 bits per heavy atom. The third-order valence-electron chi connectivity index (χ3n) is 4.51. The lowest BCUT2D eigenvalue weighted by atomic mass is 10.1. The number of aromatic nitrogens is 1. The third kappa shape index (κ3) is 3.81. The maximum atomic E-state index is 13.3. The fraction of sp³-hybridized carbons (Fsp3) is 0.200. The lowest BCUT2D eigenvalue weighted by molar-refractivity contribution is -0.929. The van der Waals surface area contributed by atoms with E-state index in [0.29, 0.717) is 10.7 Å². The van der Waals surface area contributed by atoms with Gasteiger partial charge in [-0.1, -0.05) is 36.4 Å². The molecule has 4 rings (SSSR count). The lowest BCUT2D eigenvalue weighted by Crippen LogP contribution is -3.10. The molecule has 2 heterocycles. The number of benzene rings is 2. The van der Waals surface area contributed by atoms with Gasteiger partial charge in [0.15, 0.2) is 5.13 Å². The first kappa shape index (κ1) is 16.9. The third-order valence-corrected chi connectivity index (χ3v) is 5.58. The molecule has 0 aliphatic carbocycles. The Kier molecular flexibility index (Phi) is 4.77.